The number of ketones is 1. The highest BCUT2D eigenvalue weighted by molar-refractivity contribution is 5.98. The molecule has 0 saturated carbocycles. The van der Waals surface area contributed by atoms with Gasteiger partial charge in [0.2, 0.25) is 0 Å². The molecule has 3 rings (SSSR count). The van der Waals surface area contributed by atoms with Crippen molar-refractivity contribution in [3.8, 4) is 0 Å². The highest BCUT2D eigenvalue weighted by Crippen LogP contribution is 2.23. The van der Waals surface area contributed by atoms with Gasteiger partial charge in [0.1, 0.15) is 0 Å². The number of aryl methyl sites for hydroxylation is 4. The molecule has 5 heteroatoms. The number of ether oxygens (including phenoxy) is 1. The summed E-state index contributed by atoms with van der Waals surface area (Å²) in [6.07, 6.45) is 2.29. The zero-order valence-corrected chi connectivity index (χ0v) is 17.2. The van der Waals surface area contributed by atoms with Crippen LogP contribution in [0.2, 0.25) is 0 Å². The molecule has 0 aliphatic heterocycles. The van der Waals surface area contributed by atoms with Gasteiger partial charge in [0.25, 0.3) is 5.91 Å². The van der Waals surface area contributed by atoms with Crippen molar-refractivity contribution in [3.63, 3.8) is 0 Å². The van der Waals surface area contributed by atoms with E-state index < -0.39 is 18.0 Å². The van der Waals surface area contributed by atoms with Gasteiger partial charge in [0, 0.05) is 17.7 Å². The largest absolute Gasteiger partial charge is 0.453 e. The van der Waals surface area contributed by atoms with E-state index in [0.717, 1.165) is 30.4 Å². The summed E-state index contributed by atoms with van der Waals surface area (Å²) in [6, 6.07) is 11.5. The molecule has 1 N–H and O–H groups in total. The van der Waals surface area contributed by atoms with Gasteiger partial charge in [-0.05, 0) is 74.4 Å². The maximum absolute atomic E-state index is 12.4. The molecule has 1 amide bonds. The predicted molar refractivity (Wildman–Crippen MR) is 112 cm³/mol. The lowest BCUT2D eigenvalue weighted by Crippen LogP contribution is -2.30. The first-order valence-corrected chi connectivity index (χ1v) is 10.1. The lowest BCUT2D eigenvalue weighted by molar-refractivity contribution is -0.153. The van der Waals surface area contributed by atoms with Crippen LogP contribution in [-0.4, -0.2) is 23.8 Å². The van der Waals surface area contributed by atoms with Crippen LogP contribution >= 0.6 is 0 Å². The lowest BCUT2D eigenvalue weighted by Gasteiger charge is -2.15. The van der Waals surface area contributed by atoms with Gasteiger partial charge >= 0.3 is 5.97 Å². The van der Waals surface area contributed by atoms with Gasteiger partial charge in [-0.1, -0.05) is 24.3 Å². The third-order valence-corrected chi connectivity index (χ3v) is 5.31. The summed E-state index contributed by atoms with van der Waals surface area (Å²) in [5.74, 6) is -1.02. The fourth-order valence-corrected chi connectivity index (χ4v) is 3.52. The Morgan fingerprint density at radius 2 is 1.76 bits per heavy atom. The third kappa shape index (κ3) is 5.31. The molecule has 0 saturated heterocycles. The molecule has 0 heterocycles. The van der Waals surface area contributed by atoms with Crippen LogP contribution in [0.4, 0.5) is 5.69 Å². The topological polar surface area (TPSA) is 72.5 Å². The molecule has 5 nitrogen and oxygen atoms in total. The molecule has 1 aliphatic carbocycles. The Hall–Kier alpha value is -2.95. The van der Waals surface area contributed by atoms with E-state index >= 15 is 0 Å². The molecule has 1 atom stereocenters. The maximum Gasteiger partial charge on any atom is 0.307 e. The summed E-state index contributed by atoms with van der Waals surface area (Å²) >= 11 is 0. The number of amides is 1. The first-order valence-electron chi connectivity index (χ1n) is 10.1. The summed E-state index contributed by atoms with van der Waals surface area (Å²) in [5.41, 5.74) is 5.84. The SMILES string of the molecule is Cc1ccc(C)c(NC(=O)[C@H](C)OC(=O)CCC(=O)c2ccc3c(c2)CCC3)c1. The van der Waals surface area contributed by atoms with Gasteiger partial charge in [0.15, 0.2) is 11.9 Å². The zero-order valence-electron chi connectivity index (χ0n) is 17.2. The first kappa shape index (κ1) is 20.8. The number of anilines is 1. The normalized spacial score (nSPS) is 13.5. The van der Waals surface area contributed by atoms with Crippen LogP contribution in [-0.2, 0) is 27.2 Å². The van der Waals surface area contributed by atoms with Gasteiger partial charge in [-0.2, -0.15) is 0 Å². The highest BCUT2D eigenvalue weighted by atomic mass is 16.5. The van der Waals surface area contributed by atoms with Gasteiger partial charge in [-0.3, -0.25) is 14.4 Å². The van der Waals surface area contributed by atoms with E-state index in [1.807, 2.05) is 50.2 Å². The van der Waals surface area contributed by atoms with Crippen molar-refractivity contribution in [1.82, 2.24) is 0 Å². The Morgan fingerprint density at radius 3 is 2.55 bits per heavy atom. The Labute approximate surface area is 171 Å². The van der Waals surface area contributed by atoms with Crippen LogP contribution in [0.1, 0.15) is 58.8 Å². The van der Waals surface area contributed by atoms with E-state index in [0.29, 0.717) is 11.3 Å². The molecule has 2 aromatic carbocycles. The number of benzene rings is 2. The number of rotatable bonds is 7. The van der Waals surface area contributed by atoms with Crippen LogP contribution in [0.3, 0.4) is 0 Å². The van der Waals surface area contributed by atoms with Gasteiger partial charge < -0.3 is 10.1 Å². The number of nitrogens with one attached hydrogen (secondary N) is 1. The number of hydrogen-bond donors (Lipinski definition) is 1. The molecule has 0 aromatic heterocycles. The van der Waals surface area contributed by atoms with Crippen molar-refractivity contribution in [1.29, 1.82) is 0 Å². The Kier molecular flexibility index (Phi) is 6.47. The van der Waals surface area contributed by atoms with E-state index in [9.17, 15) is 14.4 Å². The second-order valence-corrected chi connectivity index (χ2v) is 7.70. The lowest BCUT2D eigenvalue weighted by atomic mass is 10.0. The smallest absolute Gasteiger partial charge is 0.307 e. The van der Waals surface area contributed by atoms with E-state index in [1.165, 1.54) is 18.1 Å². The fourth-order valence-electron chi connectivity index (χ4n) is 3.52. The number of esters is 1. The standard InChI is InChI=1S/C24H27NO4/c1-15-7-8-16(2)21(13-15)25-24(28)17(3)29-23(27)12-11-22(26)20-10-9-18-5-4-6-19(18)14-20/h7-10,13-14,17H,4-6,11-12H2,1-3H3,(H,25,28)/t17-/m0/s1. The number of carbonyl (C=O) groups excluding carboxylic acids is 3. The molecule has 0 radical (unpaired) electrons. The first-order chi connectivity index (χ1) is 13.8. The van der Waals surface area contributed by atoms with E-state index in [-0.39, 0.29) is 18.6 Å². The monoisotopic (exact) mass is 393 g/mol. The molecular formula is C24H27NO4. The number of fused-ring (bicyclic) bond motifs is 1. The van der Waals surface area contributed by atoms with Gasteiger partial charge in [-0.15, -0.1) is 0 Å². The molecule has 152 valence electrons. The minimum Gasteiger partial charge on any atom is -0.453 e. The van der Waals surface area contributed by atoms with Crippen molar-refractivity contribution < 1.29 is 19.1 Å². The van der Waals surface area contributed by atoms with E-state index in [4.69, 9.17) is 4.74 Å². The molecule has 0 unspecified atom stereocenters. The van der Waals surface area contributed by atoms with Crippen molar-refractivity contribution >= 4 is 23.3 Å². The van der Waals surface area contributed by atoms with Crippen molar-refractivity contribution in [2.45, 2.75) is 59.0 Å². The van der Waals surface area contributed by atoms with Crippen molar-refractivity contribution in [3.05, 3.63) is 64.2 Å². The quantitative estimate of drug-likeness (QED) is 0.561. The van der Waals surface area contributed by atoms with Crippen LogP contribution in [0, 0.1) is 13.8 Å². The van der Waals surface area contributed by atoms with Gasteiger partial charge in [-0.25, -0.2) is 0 Å². The van der Waals surface area contributed by atoms with Gasteiger partial charge in [0.05, 0.1) is 6.42 Å². The van der Waals surface area contributed by atoms with Crippen molar-refractivity contribution in [2.75, 3.05) is 5.32 Å². The fraction of sp³-hybridized carbons (Fsp3) is 0.375. The second kappa shape index (κ2) is 9.03. The van der Waals surface area contributed by atoms with Crippen molar-refractivity contribution in [2.24, 2.45) is 0 Å². The molecular weight excluding hydrogens is 366 g/mol. The average molecular weight is 393 g/mol. The molecule has 0 spiro atoms. The second-order valence-electron chi connectivity index (χ2n) is 7.70. The minimum absolute atomic E-state index is 0.0446. The Morgan fingerprint density at radius 1 is 1.00 bits per heavy atom. The average Bonchev–Trinajstić information content (AvgIpc) is 3.16. The molecule has 2 aromatic rings. The van der Waals surface area contributed by atoms with Crippen LogP contribution < -0.4 is 5.32 Å². The number of Topliss-reactive ketones (excluding diaryl/α,β-unsaturated/α-hetero) is 1. The number of hydrogen-bond acceptors (Lipinski definition) is 4. The predicted octanol–water partition coefficient (Wildman–Crippen LogP) is 4.33. The number of carbonyl (C=O) groups is 3. The van der Waals surface area contributed by atoms with Crippen LogP contribution in [0.25, 0.3) is 0 Å². The summed E-state index contributed by atoms with van der Waals surface area (Å²) < 4.78 is 5.21. The molecule has 0 bridgehead atoms. The Bertz CT molecular complexity index is 948. The van der Waals surface area contributed by atoms with Crippen LogP contribution in [0.15, 0.2) is 36.4 Å². The summed E-state index contributed by atoms with van der Waals surface area (Å²) in [5, 5.41) is 2.79. The third-order valence-electron chi connectivity index (χ3n) is 5.31. The molecule has 29 heavy (non-hydrogen) atoms. The summed E-state index contributed by atoms with van der Waals surface area (Å²) in [6.45, 7) is 5.37. The zero-order chi connectivity index (χ0) is 21.0. The Balaban J connectivity index is 1.49. The summed E-state index contributed by atoms with van der Waals surface area (Å²) in [4.78, 5) is 36.8. The summed E-state index contributed by atoms with van der Waals surface area (Å²) in [7, 11) is 0. The molecule has 0 fully saturated rings. The minimum atomic E-state index is -0.933. The van der Waals surface area contributed by atoms with E-state index in [1.54, 1.807) is 0 Å². The van der Waals surface area contributed by atoms with Crippen LogP contribution in [0.5, 0.6) is 0 Å². The van der Waals surface area contributed by atoms with E-state index in [2.05, 4.69) is 5.32 Å². The maximum atomic E-state index is 12.4. The highest BCUT2D eigenvalue weighted by Gasteiger charge is 2.20. The molecule has 1 aliphatic rings.